The second-order valence-corrected chi connectivity index (χ2v) is 3.89. The Morgan fingerprint density at radius 2 is 2.38 bits per heavy atom. The molecule has 0 spiro atoms. The van der Waals surface area contributed by atoms with Crippen molar-refractivity contribution in [2.75, 3.05) is 6.61 Å². The van der Waals surface area contributed by atoms with E-state index in [-0.39, 0.29) is 23.6 Å². The normalized spacial score (nSPS) is 35.8. The third-order valence-electron chi connectivity index (χ3n) is 2.99. The number of carbonyl (C=O) groups is 2. The van der Waals surface area contributed by atoms with Crippen molar-refractivity contribution < 1.29 is 14.3 Å². The number of esters is 1. The number of hydrogen-bond acceptors (Lipinski definition) is 3. The Labute approximate surface area is 77.4 Å². The average molecular weight is 182 g/mol. The van der Waals surface area contributed by atoms with E-state index in [1.165, 1.54) is 0 Å². The van der Waals surface area contributed by atoms with Crippen molar-refractivity contribution >= 4 is 11.8 Å². The zero-order chi connectivity index (χ0) is 9.42. The van der Waals surface area contributed by atoms with Crippen LogP contribution in [0.1, 0.15) is 26.2 Å². The molecule has 2 fully saturated rings. The number of hydrogen-bond donors (Lipinski definition) is 0. The molecule has 3 nitrogen and oxygen atoms in total. The third-order valence-corrected chi connectivity index (χ3v) is 2.99. The molecule has 0 amide bonds. The molecule has 0 aromatic rings. The monoisotopic (exact) mass is 182 g/mol. The van der Waals surface area contributed by atoms with Gasteiger partial charge in [-0.05, 0) is 18.8 Å². The van der Waals surface area contributed by atoms with Crippen LogP contribution in [0.15, 0.2) is 0 Å². The van der Waals surface area contributed by atoms with Gasteiger partial charge < -0.3 is 4.74 Å². The van der Waals surface area contributed by atoms with Crippen LogP contribution in [0, 0.1) is 17.8 Å². The summed E-state index contributed by atoms with van der Waals surface area (Å²) >= 11 is 0. The molecule has 13 heavy (non-hydrogen) atoms. The van der Waals surface area contributed by atoms with Crippen LogP contribution in [-0.4, -0.2) is 18.4 Å². The first kappa shape index (κ1) is 8.73. The summed E-state index contributed by atoms with van der Waals surface area (Å²) < 4.78 is 5.01. The van der Waals surface area contributed by atoms with Gasteiger partial charge in [0.2, 0.25) is 0 Å². The van der Waals surface area contributed by atoms with Crippen molar-refractivity contribution in [1.29, 1.82) is 0 Å². The van der Waals surface area contributed by atoms with Gasteiger partial charge in [-0.25, -0.2) is 0 Å². The summed E-state index contributed by atoms with van der Waals surface area (Å²) in [4.78, 5) is 22.5. The number of carbonyl (C=O) groups excluding carboxylic acids is 2. The largest absolute Gasteiger partial charge is 0.465 e. The number of ether oxygens (including phenoxy) is 1. The summed E-state index contributed by atoms with van der Waals surface area (Å²) in [7, 11) is 0. The number of ketones is 1. The first-order valence-corrected chi connectivity index (χ1v) is 4.95. The fraction of sp³-hybridized carbons (Fsp3) is 0.800. The lowest BCUT2D eigenvalue weighted by molar-refractivity contribution is -0.147. The summed E-state index contributed by atoms with van der Waals surface area (Å²) in [6.45, 7) is 2.45. The van der Waals surface area contributed by atoms with E-state index in [9.17, 15) is 9.59 Å². The molecule has 0 N–H and O–H groups in total. The van der Waals surface area contributed by atoms with Crippen LogP contribution in [0.3, 0.4) is 0 Å². The first-order chi connectivity index (χ1) is 6.25. The van der Waals surface area contributed by atoms with E-state index in [1.54, 1.807) is 0 Å². The summed E-state index contributed by atoms with van der Waals surface area (Å²) in [5, 5.41) is 0. The van der Waals surface area contributed by atoms with E-state index >= 15 is 0 Å². The van der Waals surface area contributed by atoms with Gasteiger partial charge in [-0.3, -0.25) is 9.59 Å². The van der Waals surface area contributed by atoms with Gasteiger partial charge in [0.1, 0.15) is 5.78 Å². The fourth-order valence-electron chi connectivity index (χ4n) is 2.27. The van der Waals surface area contributed by atoms with Gasteiger partial charge in [-0.2, -0.15) is 0 Å². The summed E-state index contributed by atoms with van der Waals surface area (Å²) in [5.41, 5.74) is 0. The molecule has 0 unspecified atom stereocenters. The second-order valence-electron chi connectivity index (χ2n) is 3.89. The van der Waals surface area contributed by atoms with E-state index in [0.29, 0.717) is 18.9 Å². The third kappa shape index (κ3) is 1.36. The Morgan fingerprint density at radius 3 is 2.92 bits per heavy atom. The minimum absolute atomic E-state index is 0.0318. The Morgan fingerprint density at radius 1 is 1.62 bits per heavy atom. The van der Waals surface area contributed by atoms with Gasteiger partial charge in [0, 0.05) is 12.3 Å². The van der Waals surface area contributed by atoms with Crippen LogP contribution in [0.4, 0.5) is 0 Å². The molecular formula is C10H14O3. The molecule has 3 heteroatoms. The zero-order valence-corrected chi connectivity index (χ0v) is 7.79. The van der Waals surface area contributed by atoms with E-state index in [4.69, 9.17) is 4.74 Å². The molecule has 0 radical (unpaired) electrons. The van der Waals surface area contributed by atoms with Crippen molar-refractivity contribution in [3.05, 3.63) is 0 Å². The van der Waals surface area contributed by atoms with Crippen LogP contribution in [0.5, 0.6) is 0 Å². The molecule has 3 atom stereocenters. The minimum Gasteiger partial charge on any atom is -0.465 e. The zero-order valence-electron chi connectivity index (χ0n) is 7.79. The molecule has 0 aromatic heterocycles. The standard InChI is InChI=1S/C10H14O3/c1-2-5-13-10(12)9-6-3-4-7(11)8(6)9/h6,8-9H,2-5H2,1H3/t6-,8-,9+/m1/s1. The van der Waals surface area contributed by atoms with Gasteiger partial charge in [-0.1, -0.05) is 6.92 Å². The van der Waals surface area contributed by atoms with Gasteiger partial charge >= 0.3 is 5.97 Å². The predicted molar refractivity (Wildman–Crippen MR) is 46.0 cm³/mol. The van der Waals surface area contributed by atoms with E-state index in [2.05, 4.69) is 0 Å². The minimum atomic E-state index is -0.148. The fourth-order valence-corrected chi connectivity index (χ4v) is 2.27. The van der Waals surface area contributed by atoms with Crippen LogP contribution >= 0.6 is 0 Å². The first-order valence-electron chi connectivity index (χ1n) is 4.95. The lowest BCUT2D eigenvalue weighted by Crippen LogP contribution is -2.13. The molecule has 2 aliphatic rings. The highest BCUT2D eigenvalue weighted by Gasteiger charge is 2.62. The molecule has 0 aliphatic heterocycles. The highest BCUT2D eigenvalue weighted by Crippen LogP contribution is 2.55. The van der Waals surface area contributed by atoms with Crippen molar-refractivity contribution in [3.63, 3.8) is 0 Å². The molecule has 0 bridgehead atoms. The SMILES string of the molecule is CCCOC(=O)[C@H]1[C@@H]2CCC(=O)[C@@H]21. The maximum absolute atomic E-state index is 11.3. The van der Waals surface area contributed by atoms with Crippen LogP contribution in [0.25, 0.3) is 0 Å². The molecule has 2 rings (SSSR count). The van der Waals surface area contributed by atoms with Crippen LogP contribution < -0.4 is 0 Å². The Hall–Kier alpha value is -0.860. The molecule has 0 aromatic carbocycles. The molecule has 0 saturated heterocycles. The highest BCUT2D eigenvalue weighted by molar-refractivity contribution is 5.94. The molecule has 72 valence electrons. The van der Waals surface area contributed by atoms with E-state index in [0.717, 1.165) is 12.8 Å². The Bertz CT molecular complexity index is 247. The van der Waals surface area contributed by atoms with Crippen LogP contribution in [-0.2, 0) is 14.3 Å². The second kappa shape index (κ2) is 3.13. The average Bonchev–Trinajstić information content (AvgIpc) is 2.75. The molecule has 2 saturated carbocycles. The predicted octanol–water partition coefficient (Wildman–Crippen LogP) is 1.16. The van der Waals surface area contributed by atoms with Gasteiger partial charge in [0.15, 0.2) is 0 Å². The number of rotatable bonds is 3. The van der Waals surface area contributed by atoms with E-state index < -0.39 is 0 Å². The van der Waals surface area contributed by atoms with Crippen molar-refractivity contribution in [1.82, 2.24) is 0 Å². The number of Topliss-reactive ketones (excluding diaryl/α,β-unsaturated/α-hetero) is 1. The number of fused-ring (bicyclic) bond motifs is 1. The summed E-state index contributed by atoms with van der Waals surface area (Å²) in [6, 6.07) is 0. The highest BCUT2D eigenvalue weighted by atomic mass is 16.5. The van der Waals surface area contributed by atoms with Crippen LogP contribution in [0.2, 0.25) is 0 Å². The smallest absolute Gasteiger partial charge is 0.309 e. The molecular weight excluding hydrogens is 168 g/mol. The summed E-state index contributed by atoms with van der Waals surface area (Å²) in [6.07, 6.45) is 2.42. The lowest BCUT2D eigenvalue weighted by Gasteiger charge is -2.03. The molecule has 2 aliphatic carbocycles. The maximum Gasteiger partial charge on any atom is 0.309 e. The lowest BCUT2D eigenvalue weighted by atomic mass is 10.1. The van der Waals surface area contributed by atoms with Crippen molar-refractivity contribution in [2.24, 2.45) is 17.8 Å². The maximum atomic E-state index is 11.3. The van der Waals surface area contributed by atoms with E-state index in [1.807, 2.05) is 6.92 Å². The van der Waals surface area contributed by atoms with Gasteiger partial charge in [-0.15, -0.1) is 0 Å². The Balaban J connectivity index is 1.85. The molecule has 0 heterocycles. The summed E-state index contributed by atoms with van der Waals surface area (Å²) in [5.74, 6) is 0.405. The quantitative estimate of drug-likeness (QED) is 0.615. The van der Waals surface area contributed by atoms with Gasteiger partial charge in [0.05, 0.1) is 12.5 Å². The topological polar surface area (TPSA) is 43.4 Å². The van der Waals surface area contributed by atoms with Crippen molar-refractivity contribution in [2.45, 2.75) is 26.2 Å². The Kier molecular flexibility index (Phi) is 2.10. The van der Waals surface area contributed by atoms with Crippen molar-refractivity contribution in [3.8, 4) is 0 Å². The van der Waals surface area contributed by atoms with Gasteiger partial charge in [0.25, 0.3) is 0 Å².